The summed E-state index contributed by atoms with van der Waals surface area (Å²) in [6.07, 6.45) is -1.41. The number of nitrogens with one attached hydrogen (secondary N) is 1. The van der Waals surface area contributed by atoms with Gasteiger partial charge in [-0.25, -0.2) is 4.79 Å². The molecule has 2 rings (SSSR count). The number of halogens is 1. The number of hydrogen-bond acceptors (Lipinski definition) is 3. The summed E-state index contributed by atoms with van der Waals surface area (Å²) in [5.41, 5.74) is 0.775. The molecule has 1 unspecified atom stereocenters. The fraction of sp³-hybridized carbons (Fsp3) is 0.278. The number of carbonyl (C=O) groups excluding carboxylic acids is 1. The van der Waals surface area contributed by atoms with Crippen LogP contribution in [-0.2, 0) is 11.3 Å². The topological polar surface area (TPSA) is 58.6 Å². The zero-order chi connectivity index (χ0) is 16.9. The Hall–Kier alpha value is -1.85. The van der Waals surface area contributed by atoms with Crippen molar-refractivity contribution in [1.29, 1.82) is 0 Å². The highest BCUT2D eigenvalue weighted by atomic mass is 79.9. The first-order valence-corrected chi connectivity index (χ1v) is 8.10. The molecule has 0 bridgehead atoms. The van der Waals surface area contributed by atoms with Gasteiger partial charge in [-0.05, 0) is 37.1 Å². The van der Waals surface area contributed by atoms with Crippen LogP contribution in [-0.4, -0.2) is 16.7 Å². The second-order valence-electron chi connectivity index (χ2n) is 5.86. The van der Waals surface area contributed by atoms with Crippen LogP contribution in [0.2, 0.25) is 0 Å². The van der Waals surface area contributed by atoms with Crippen molar-refractivity contribution in [1.82, 2.24) is 5.32 Å². The van der Waals surface area contributed by atoms with Crippen molar-refractivity contribution >= 4 is 22.0 Å². The van der Waals surface area contributed by atoms with Crippen molar-refractivity contribution in [2.45, 2.75) is 32.1 Å². The van der Waals surface area contributed by atoms with Gasteiger partial charge in [-0.15, -0.1) is 0 Å². The first-order chi connectivity index (χ1) is 10.9. The molecule has 0 aromatic heterocycles. The molecule has 0 radical (unpaired) electrons. The van der Waals surface area contributed by atoms with E-state index in [2.05, 4.69) is 21.2 Å². The van der Waals surface area contributed by atoms with Gasteiger partial charge in [0.15, 0.2) is 0 Å². The first kappa shape index (κ1) is 17.5. The van der Waals surface area contributed by atoms with Crippen LogP contribution < -0.4 is 5.32 Å². The standard InChI is InChI=1S/C18H20BrNO3/c1-18(2,16(21)14-8-10-15(19)11-9-14)20-17(22)23-12-13-6-4-3-5-7-13/h3-11,16,21H,12H2,1-2H3,(H,20,22). The maximum atomic E-state index is 12.0. The Morgan fingerprint density at radius 2 is 1.78 bits per heavy atom. The Balaban J connectivity index is 1.93. The highest BCUT2D eigenvalue weighted by Crippen LogP contribution is 2.26. The number of hydrogen-bond donors (Lipinski definition) is 2. The van der Waals surface area contributed by atoms with E-state index in [-0.39, 0.29) is 6.61 Å². The van der Waals surface area contributed by atoms with Gasteiger partial charge in [0.05, 0.1) is 5.54 Å². The Bertz CT molecular complexity index is 641. The third-order valence-corrected chi connectivity index (χ3v) is 4.03. The van der Waals surface area contributed by atoms with Crippen LogP contribution >= 0.6 is 15.9 Å². The largest absolute Gasteiger partial charge is 0.445 e. The fourth-order valence-electron chi connectivity index (χ4n) is 2.15. The molecule has 1 atom stereocenters. The minimum Gasteiger partial charge on any atom is -0.445 e. The van der Waals surface area contributed by atoms with E-state index in [1.165, 1.54) is 0 Å². The van der Waals surface area contributed by atoms with Crippen LogP contribution in [0.1, 0.15) is 31.1 Å². The van der Waals surface area contributed by atoms with Crippen LogP contribution in [0.15, 0.2) is 59.1 Å². The van der Waals surface area contributed by atoms with E-state index in [1.807, 2.05) is 54.6 Å². The number of rotatable bonds is 5. The number of benzene rings is 2. The molecule has 0 aliphatic heterocycles. The third-order valence-electron chi connectivity index (χ3n) is 3.51. The predicted octanol–water partition coefficient (Wildman–Crippen LogP) is 4.19. The predicted molar refractivity (Wildman–Crippen MR) is 92.9 cm³/mol. The van der Waals surface area contributed by atoms with Gasteiger partial charge in [0, 0.05) is 4.47 Å². The number of carbonyl (C=O) groups is 1. The van der Waals surface area contributed by atoms with E-state index in [4.69, 9.17) is 4.74 Å². The lowest BCUT2D eigenvalue weighted by molar-refractivity contribution is 0.0669. The van der Waals surface area contributed by atoms with E-state index in [0.29, 0.717) is 0 Å². The van der Waals surface area contributed by atoms with Crippen LogP contribution in [0, 0.1) is 0 Å². The molecule has 1 amide bonds. The molecule has 2 N–H and O–H groups in total. The van der Waals surface area contributed by atoms with Crippen LogP contribution in [0.4, 0.5) is 4.79 Å². The fourth-order valence-corrected chi connectivity index (χ4v) is 2.42. The quantitative estimate of drug-likeness (QED) is 0.821. The van der Waals surface area contributed by atoms with Crippen molar-refractivity contribution in [2.75, 3.05) is 0 Å². The van der Waals surface area contributed by atoms with Crippen molar-refractivity contribution in [2.24, 2.45) is 0 Å². The molecule has 4 nitrogen and oxygen atoms in total. The Kier molecular flexibility index (Phi) is 5.80. The zero-order valence-electron chi connectivity index (χ0n) is 13.1. The maximum absolute atomic E-state index is 12.0. The van der Waals surface area contributed by atoms with Gasteiger partial charge in [0.2, 0.25) is 0 Å². The highest BCUT2D eigenvalue weighted by Gasteiger charge is 2.31. The van der Waals surface area contributed by atoms with Gasteiger partial charge in [0.1, 0.15) is 12.7 Å². The lowest BCUT2D eigenvalue weighted by atomic mass is 9.91. The second kappa shape index (κ2) is 7.62. The molecule has 23 heavy (non-hydrogen) atoms. The first-order valence-electron chi connectivity index (χ1n) is 7.31. The van der Waals surface area contributed by atoms with Crippen molar-refractivity contribution in [3.05, 3.63) is 70.2 Å². The molecule has 0 spiro atoms. The second-order valence-corrected chi connectivity index (χ2v) is 6.78. The average Bonchev–Trinajstić information content (AvgIpc) is 2.53. The normalized spacial score (nSPS) is 12.5. The number of amides is 1. The molecule has 5 heteroatoms. The average molecular weight is 378 g/mol. The van der Waals surface area contributed by atoms with Crippen LogP contribution in [0.25, 0.3) is 0 Å². The van der Waals surface area contributed by atoms with E-state index in [9.17, 15) is 9.90 Å². The Morgan fingerprint density at radius 1 is 1.17 bits per heavy atom. The smallest absolute Gasteiger partial charge is 0.407 e. The summed E-state index contributed by atoms with van der Waals surface area (Å²) in [4.78, 5) is 12.0. The van der Waals surface area contributed by atoms with Gasteiger partial charge in [-0.2, -0.15) is 0 Å². The van der Waals surface area contributed by atoms with Gasteiger partial charge in [0.25, 0.3) is 0 Å². The van der Waals surface area contributed by atoms with E-state index in [1.54, 1.807) is 13.8 Å². The van der Waals surface area contributed by atoms with Crippen LogP contribution in [0.5, 0.6) is 0 Å². The summed E-state index contributed by atoms with van der Waals surface area (Å²) in [6, 6.07) is 16.8. The molecule has 122 valence electrons. The Labute approximate surface area is 144 Å². The van der Waals surface area contributed by atoms with Crippen molar-refractivity contribution in [3.63, 3.8) is 0 Å². The molecule has 2 aromatic carbocycles. The number of aliphatic hydroxyl groups excluding tert-OH is 1. The highest BCUT2D eigenvalue weighted by molar-refractivity contribution is 9.10. The van der Waals surface area contributed by atoms with E-state index in [0.717, 1.165) is 15.6 Å². The lowest BCUT2D eigenvalue weighted by Crippen LogP contribution is -2.48. The number of ether oxygens (including phenoxy) is 1. The zero-order valence-corrected chi connectivity index (χ0v) is 14.7. The molecule has 0 saturated carbocycles. The lowest BCUT2D eigenvalue weighted by Gasteiger charge is -2.31. The summed E-state index contributed by atoms with van der Waals surface area (Å²) in [5, 5.41) is 13.2. The molecule has 0 saturated heterocycles. The monoisotopic (exact) mass is 377 g/mol. The van der Waals surface area contributed by atoms with Gasteiger partial charge in [-0.1, -0.05) is 58.4 Å². The summed E-state index contributed by atoms with van der Waals surface area (Å²) >= 11 is 3.36. The molecule has 2 aromatic rings. The van der Waals surface area contributed by atoms with Crippen molar-refractivity contribution < 1.29 is 14.6 Å². The number of aliphatic hydroxyl groups is 1. The maximum Gasteiger partial charge on any atom is 0.407 e. The molecule has 0 aliphatic carbocycles. The minimum atomic E-state index is -0.860. The number of alkyl carbamates (subject to hydrolysis) is 1. The molecular weight excluding hydrogens is 358 g/mol. The van der Waals surface area contributed by atoms with Gasteiger partial charge < -0.3 is 15.2 Å². The third kappa shape index (κ3) is 5.08. The van der Waals surface area contributed by atoms with E-state index < -0.39 is 17.7 Å². The van der Waals surface area contributed by atoms with Gasteiger partial charge >= 0.3 is 6.09 Å². The summed E-state index contributed by atoms with van der Waals surface area (Å²) < 4.78 is 6.13. The molecule has 0 heterocycles. The Morgan fingerprint density at radius 3 is 2.39 bits per heavy atom. The summed E-state index contributed by atoms with van der Waals surface area (Å²) in [7, 11) is 0. The van der Waals surface area contributed by atoms with E-state index >= 15 is 0 Å². The summed E-state index contributed by atoms with van der Waals surface area (Å²) in [5.74, 6) is 0. The molecule has 0 aliphatic rings. The molecular formula is C18H20BrNO3. The summed E-state index contributed by atoms with van der Waals surface area (Å²) in [6.45, 7) is 3.70. The molecule has 0 fully saturated rings. The minimum absolute atomic E-state index is 0.192. The van der Waals surface area contributed by atoms with Gasteiger partial charge in [-0.3, -0.25) is 0 Å². The van der Waals surface area contributed by atoms with Crippen molar-refractivity contribution in [3.8, 4) is 0 Å². The SMILES string of the molecule is CC(C)(NC(=O)OCc1ccccc1)C(O)c1ccc(Br)cc1. The van der Waals surface area contributed by atoms with Crippen LogP contribution in [0.3, 0.4) is 0 Å².